The van der Waals surface area contributed by atoms with E-state index in [9.17, 15) is 0 Å². The van der Waals surface area contributed by atoms with E-state index in [-0.39, 0.29) is 6.42 Å². The Hall–Kier alpha value is -1.60. The van der Waals surface area contributed by atoms with E-state index < -0.39 is 0 Å². The smallest absolute Gasteiger partial charge is 0.122 e. The minimum absolute atomic E-state index is 0.261. The van der Waals surface area contributed by atoms with E-state index in [0.717, 1.165) is 16.9 Å². The van der Waals surface area contributed by atoms with Crippen molar-refractivity contribution in [2.45, 2.75) is 26.8 Å². The van der Waals surface area contributed by atoms with Gasteiger partial charge in [0.25, 0.3) is 0 Å². The molecule has 0 heterocycles. The average Bonchev–Trinajstić information content (AvgIpc) is 2.31. The SMILES string of the molecule is COc1cc(CNC(=S)CC#N)cc(C)c1C. The maximum absolute atomic E-state index is 8.50. The summed E-state index contributed by atoms with van der Waals surface area (Å²) in [6, 6.07) is 6.11. The van der Waals surface area contributed by atoms with Gasteiger partial charge in [0, 0.05) is 6.54 Å². The molecule has 0 radical (unpaired) electrons. The summed E-state index contributed by atoms with van der Waals surface area (Å²) in [7, 11) is 1.67. The average molecular weight is 248 g/mol. The van der Waals surface area contributed by atoms with Crippen LogP contribution in [0.15, 0.2) is 12.1 Å². The van der Waals surface area contributed by atoms with E-state index in [1.54, 1.807) is 7.11 Å². The molecule has 0 aliphatic carbocycles. The molecule has 3 nitrogen and oxygen atoms in total. The molecule has 1 aromatic rings. The number of nitrogens with one attached hydrogen (secondary N) is 1. The number of hydrogen-bond acceptors (Lipinski definition) is 3. The van der Waals surface area contributed by atoms with Gasteiger partial charge in [-0.1, -0.05) is 18.3 Å². The lowest BCUT2D eigenvalue weighted by molar-refractivity contribution is 0.410. The number of nitrogens with zero attached hydrogens (tertiary/aromatic N) is 1. The number of ether oxygens (including phenoxy) is 1. The zero-order valence-corrected chi connectivity index (χ0v) is 11.1. The molecule has 0 saturated heterocycles. The lowest BCUT2D eigenvalue weighted by Gasteiger charge is -2.12. The quantitative estimate of drug-likeness (QED) is 0.832. The fraction of sp³-hybridized carbons (Fsp3) is 0.385. The van der Waals surface area contributed by atoms with Crippen molar-refractivity contribution < 1.29 is 4.74 Å². The molecule has 0 aromatic heterocycles. The van der Waals surface area contributed by atoms with Gasteiger partial charge in [-0.05, 0) is 36.6 Å². The minimum Gasteiger partial charge on any atom is -0.496 e. The van der Waals surface area contributed by atoms with Crippen molar-refractivity contribution in [3.63, 3.8) is 0 Å². The predicted molar refractivity (Wildman–Crippen MR) is 72.1 cm³/mol. The van der Waals surface area contributed by atoms with Crippen molar-refractivity contribution in [1.82, 2.24) is 5.32 Å². The molecular formula is C13H16N2OS. The van der Waals surface area contributed by atoms with Crippen LogP contribution in [0.4, 0.5) is 0 Å². The van der Waals surface area contributed by atoms with Crippen LogP contribution in [-0.2, 0) is 6.54 Å². The predicted octanol–water partition coefficient (Wildman–Crippen LogP) is 2.64. The van der Waals surface area contributed by atoms with Crippen LogP contribution < -0.4 is 10.1 Å². The molecule has 1 aromatic carbocycles. The Morgan fingerprint density at radius 2 is 2.18 bits per heavy atom. The van der Waals surface area contributed by atoms with Crippen molar-refractivity contribution in [3.05, 3.63) is 28.8 Å². The van der Waals surface area contributed by atoms with Gasteiger partial charge in [0.2, 0.25) is 0 Å². The van der Waals surface area contributed by atoms with Crippen LogP contribution in [0.5, 0.6) is 5.75 Å². The van der Waals surface area contributed by atoms with Gasteiger partial charge in [-0.15, -0.1) is 0 Å². The molecule has 0 bridgehead atoms. The number of aryl methyl sites for hydroxylation is 1. The molecule has 1 rings (SSSR count). The summed E-state index contributed by atoms with van der Waals surface area (Å²) in [6.07, 6.45) is 0.261. The summed E-state index contributed by atoms with van der Waals surface area (Å²) < 4.78 is 5.31. The third-order valence-corrected chi connectivity index (χ3v) is 2.92. The van der Waals surface area contributed by atoms with Gasteiger partial charge in [0.05, 0.1) is 24.6 Å². The van der Waals surface area contributed by atoms with Crippen molar-refractivity contribution >= 4 is 17.2 Å². The van der Waals surface area contributed by atoms with Gasteiger partial charge in [-0.2, -0.15) is 5.26 Å². The monoisotopic (exact) mass is 248 g/mol. The maximum atomic E-state index is 8.50. The van der Waals surface area contributed by atoms with Crippen molar-refractivity contribution in [2.75, 3.05) is 7.11 Å². The van der Waals surface area contributed by atoms with Gasteiger partial charge in [0.1, 0.15) is 5.75 Å². The van der Waals surface area contributed by atoms with Crippen LogP contribution in [0.25, 0.3) is 0 Å². The molecule has 0 saturated carbocycles. The Labute approximate surface area is 107 Å². The van der Waals surface area contributed by atoms with Gasteiger partial charge in [0.15, 0.2) is 0 Å². The standard InChI is InChI=1S/C13H16N2OS/c1-9-6-11(7-12(16-3)10(9)2)8-15-13(17)4-5-14/h6-7H,4,8H2,1-3H3,(H,15,17). The topological polar surface area (TPSA) is 45.0 Å². The highest BCUT2D eigenvalue weighted by molar-refractivity contribution is 7.80. The Kier molecular flexibility index (Phi) is 4.92. The molecule has 90 valence electrons. The van der Waals surface area contributed by atoms with Crippen LogP contribution >= 0.6 is 12.2 Å². The zero-order chi connectivity index (χ0) is 12.8. The van der Waals surface area contributed by atoms with E-state index in [1.807, 2.05) is 19.1 Å². The first-order valence-corrected chi connectivity index (χ1v) is 5.77. The summed E-state index contributed by atoms with van der Waals surface area (Å²) in [4.78, 5) is 0.574. The molecule has 0 aliphatic rings. The fourth-order valence-electron chi connectivity index (χ4n) is 1.55. The highest BCUT2D eigenvalue weighted by Gasteiger charge is 2.05. The highest BCUT2D eigenvalue weighted by atomic mass is 32.1. The first-order valence-electron chi connectivity index (χ1n) is 5.36. The lowest BCUT2D eigenvalue weighted by Crippen LogP contribution is -2.20. The normalized spacial score (nSPS) is 9.53. The van der Waals surface area contributed by atoms with Gasteiger partial charge in [-0.25, -0.2) is 0 Å². The molecule has 0 aliphatic heterocycles. The first-order chi connectivity index (χ1) is 8.08. The Morgan fingerprint density at radius 1 is 1.47 bits per heavy atom. The lowest BCUT2D eigenvalue weighted by atomic mass is 10.0. The molecule has 0 spiro atoms. The number of rotatable bonds is 4. The van der Waals surface area contributed by atoms with E-state index in [4.69, 9.17) is 22.2 Å². The molecule has 17 heavy (non-hydrogen) atoms. The van der Waals surface area contributed by atoms with Gasteiger partial charge >= 0.3 is 0 Å². The van der Waals surface area contributed by atoms with E-state index in [2.05, 4.69) is 18.3 Å². The van der Waals surface area contributed by atoms with E-state index >= 15 is 0 Å². The van der Waals surface area contributed by atoms with Gasteiger partial charge < -0.3 is 10.1 Å². The summed E-state index contributed by atoms with van der Waals surface area (Å²) >= 11 is 5.01. The first kappa shape index (κ1) is 13.5. The number of thiocarbonyl (C=S) groups is 1. The minimum atomic E-state index is 0.261. The van der Waals surface area contributed by atoms with Crippen molar-refractivity contribution in [1.29, 1.82) is 5.26 Å². The van der Waals surface area contributed by atoms with Crippen LogP contribution in [-0.4, -0.2) is 12.1 Å². The molecule has 0 amide bonds. The van der Waals surface area contributed by atoms with Crippen molar-refractivity contribution in [3.8, 4) is 11.8 Å². The summed E-state index contributed by atoms with van der Waals surface area (Å²) in [6.45, 7) is 4.71. The molecule has 0 unspecified atom stereocenters. The second kappa shape index (κ2) is 6.21. The Balaban J connectivity index is 2.76. The number of methoxy groups -OCH3 is 1. The zero-order valence-electron chi connectivity index (χ0n) is 10.3. The Bertz CT molecular complexity index is 463. The van der Waals surface area contributed by atoms with E-state index in [0.29, 0.717) is 11.5 Å². The molecule has 0 fully saturated rings. The van der Waals surface area contributed by atoms with E-state index in [1.165, 1.54) is 5.56 Å². The van der Waals surface area contributed by atoms with Crippen LogP contribution in [0.2, 0.25) is 0 Å². The third kappa shape index (κ3) is 3.72. The maximum Gasteiger partial charge on any atom is 0.122 e. The summed E-state index contributed by atoms with van der Waals surface area (Å²) in [5, 5.41) is 11.6. The molecule has 1 N–H and O–H groups in total. The molecule has 4 heteroatoms. The number of nitriles is 1. The van der Waals surface area contributed by atoms with Crippen LogP contribution in [0.1, 0.15) is 23.1 Å². The summed E-state index contributed by atoms with van der Waals surface area (Å²) in [5.41, 5.74) is 3.44. The van der Waals surface area contributed by atoms with Crippen LogP contribution in [0, 0.1) is 25.2 Å². The second-order valence-electron chi connectivity index (χ2n) is 3.85. The van der Waals surface area contributed by atoms with Crippen LogP contribution in [0.3, 0.4) is 0 Å². The van der Waals surface area contributed by atoms with Crippen molar-refractivity contribution in [2.24, 2.45) is 0 Å². The number of benzene rings is 1. The number of hydrogen-bond donors (Lipinski definition) is 1. The molecular weight excluding hydrogens is 232 g/mol. The molecule has 0 atom stereocenters. The fourth-order valence-corrected chi connectivity index (χ4v) is 1.68. The largest absolute Gasteiger partial charge is 0.496 e. The second-order valence-corrected chi connectivity index (χ2v) is 4.34. The Morgan fingerprint density at radius 3 is 2.76 bits per heavy atom. The highest BCUT2D eigenvalue weighted by Crippen LogP contribution is 2.23. The summed E-state index contributed by atoms with van der Waals surface area (Å²) in [5.74, 6) is 0.882. The van der Waals surface area contributed by atoms with Gasteiger partial charge in [-0.3, -0.25) is 0 Å². The third-order valence-electron chi connectivity index (χ3n) is 2.63.